The van der Waals surface area contributed by atoms with E-state index in [-0.39, 0.29) is 0 Å². The van der Waals surface area contributed by atoms with Gasteiger partial charge < -0.3 is 4.43 Å². The summed E-state index contributed by atoms with van der Waals surface area (Å²) in [6, 6.07) is 8.03. The second-order valence-corrected chi connectivity index (χ2v) is 16.8. The molecule has 0 aromatic rings. The fraction of sp³-hybridized carbons (Fsp3) is 0.889. The highest BCUT2D eigenvalue weighted by Crippen LogP contribution is 2.40. The van der Waals surface area contributed by atoms with Crippen LogP contribution < -0.4 is 0 Å². The molecule has 0 amide bonds. The van der Waals surface area contributed by atoms with Crippen LogP contribution in [-0.4, -0.2) is 16.4 Å². The van der Waals surface area contributed by atoms with E-state index >= 15 is 0 Å². The van der Waals surface area contributed by atoms with Crippen LogP contribution in [0.4, 0.5) is 0 Å². The molecular formula is C18H38OSi2. The lowest BCUT2D eigenvalue weighted by Gasteiger charge is -2.39. The van der Waals surface area contributed by atoms with Crippen molar-refractivity contribution in [2.24, 2.45) is 0 Å². The van der Waals surface area contributed by atoms with Crippen molar-refractivity contribution in [2.75, 3.05) is 0 Å². The zero-order valence-corrected chi connectivity index (χ0v) is 17.5. The Morgan fingerprint density at radius 2 is 1.19 bits per heavy atom. The first-order valence-electron chi connectivity index (χ1n) is 9.48. The Kier molecular flexibility index (Phi) is 7.76. The molecule has 0 N–H and O–H groups in total. The molecule has 1 rings (SSSR count). The van der Waals surface area contributed by atoms with Gasteiger partial charge in [0.1, 0.15) is 0 Å². The number of rotatable bonds is 9. The van der Waals surface area contributed by atoms with Gasteiger partial charge in [0, 0.05) is 6.42 Å². The first-order chi connectivity index (χ1) is 10.1. The SMILES string of the molecule is CC[Si](CC)(CC)OC1=C([Si](CC)(CC)CC)CCCC1. The zero-order valence-electron chi connectivity index (χ0n) is 15.5. The van der Waals surface area contributed by atoms with Gasteiger partial charge in [-0.1, -0.05) is 59.7 Å². The second kappa shape index (κ2) is 8.57. The molecule has 3 heteroatoms. The summed E-state index contributed by atoms with van der Waals surface area (Å²) in [6.45, 7) is 14.4. The standard InChI is InChI=1S/C18H38OSi2/c1-7-20(8-2,9-3)18-16-14-13-15-17(18)19-21(10-4,11-5)12-6/h7-16H2,1-6H3. The topological polar surface area (TPSA) is 9.23 Å². The average molecular weight is 327 g/mol. The van der Waals surface area contributed by atoms with Crippen molar-refractivity contribution in [3.05, 3.63) is 11.0 Å². The molecule has 0 saturated heterocycles. The summed E-state index contributed by atoms with van der Waals surface area (Å²) in [7, 11) is -2.74. The number of hydrogen-bond acceptors (Lipinski definition) is 1. The van der Waals surface area contributed by atoms with E-state index in [1.165, 1.54) is 67.7 Å². The molecule has 0 bridgehead atoms. The summed E-state index contributed by atoms with van der Waals surface area (Å²) in [4.78, 5) is 0. The van der Waals surface area contributed by atoms with Gasteiger partial charge in [-0.15, -0.1) is 0 Å². The maximum atomic E-state index is 6.90. The molecule has 0 radical (unpaired) electrons. The average Bonchev–Trinajstić information content (AvgIpc) is 2.56. The molecule has 0 fully saturated rings. The molecule has 1 aliphatic rings. The zero-order chi connectivity index (χ0) is 15.9. The number of allylic oxidation sites excluding steroid dienone is 2. The molecule has 0 heterocycles. The Labute approximate surface area is 135 Å². The van der Waals surface area contributed by atoms with Crippen molar-refractivity contribution >= 4 is 16.4 Å². The molecule has 124 valence electrons. The van der Waals surface area contributed by atoms with Crippen molar-refractivity contribution in [1.29, 1.82) is 0 Å². The first-order valence-corrected chi connectivity index (χ1v) is 14.6. The van der Waals surface area contributed by atoms with Gasteiger partial charge in [0.05, 0.1) is 13.8 Å². The molecule has 0 aromatic carbocycles. The lowest BCUT2D eigenvalue weighted by molar-refractivity contribution is 0.362. The largest absolute Gasteiger partial charge is 0.547 e. The van der Waals surface area contributed by atoms with Crippen LogP contribution in [0.1, 0.15) is 67.2 Å². The summed E-state index contributed by atoms with van der Waals surface area (Å²) in [5.41, 5.74) is 0. The van der Waals surface area contributed by atoms with E-state index in [0.29, 0.717) is 0 Å². The van der Waals surface area contributed by atoms with Crippen molar-refractivity contribution in [1.82, 2.24) is 0 Å². The predicted octanol–water partition coefficient (Wildman–Crippen LogP) is 6.88. The molecular weight excluding hydrogens is 288 g/mol. The Balaban J connectivity index is 3.18. The van der Waals surface area contributed by atoms with E-state index in [1.807, 2.05) is 5.20 Å². The Morgan fingerprint density at radius 3 is 1.62 bits per heavy atom. The van der Waals surface area contributed by atoms with Crippen molar-refractivity contribution in [3.8, 4) is 0 Å². The minimum atomic E-state index is -1.50. The third kappa shape index (κ3) is 4.04. The van der Waals surface area contributed by atoms with Crippen molar-refractivity contribution < 1.29 is 4.43 Å². The highest BCUT2D eigenvalue weighted by molar-refractivity contribution is 6.86. The third-order valence-electron chi connectivity index (χ3n) is 6.36. The van der Waals surface area contributed by atoms with Crippen LogP contribution in [0.15, 0.2) is 11.0 Å². The van der Waals surface area contributed by atoms with Gasteiger partial charge in [0.2, 0.25) is 8.32 Å². The summed E-state index contributed by atoms with van der Waals surface area (Å²) >= 11 is 0. The summed E-state index contributed by atoms with van der Waals surface area (Å²) in [5.74, 6) is 1.50. The Bertz CT molecular complexity index is 325. The maximum Gasteiger partial charge on any atom is 0.250 e. The lowest BCUT2D eigenvalue weighted by atomic mass is 10.1. The van der Waals surface area contributed by atoms with Crippen LogP contribution in [0.5, 0.6) is 0 Å². The molecule has 0 aliphatic heterocycles. The van der Waals surface area contributed by atoms with Gasteiger partial charge in [-0.25, -0.2) is 0 Å². The van der Waals surface area contributed by atoms with Crippen LogP contribution in [0.3, 0.4) is 0 Å². The highest BCUT2D eigenvalue weighted by Gasteiger charge is 2.38. The van der Waals surface area contributed by atoms with Crippen molar-refractivity contribution in [2.45, 2.75) is 103 Å². The fourth-order valence-corrected chi connectivity index (χ4v) is 11.2. The highest BCUT2D eigenvalue weighted by atomic mass is 28.4. The molecule has 0 atom stereocenters. The van der Waals surface area contributed by atoms with Crippen molar-refractivity contribution in [3.63, 3.8) is 0 Å². The second-order valence-electron chi connectivity index (χ2n) is 6.80. The summed E-state index contributed by atoms with van der Waals surface area (Å²) < 4.78 is 6.90. The van der Waals surface area contributed by atoms with Gasteiger partial charge in [0.25, 0.3) is 0 Å². The summed E-state index contributed by atoms with van der Waals surface area (Å²) in [6.07, 6.45) is 5.33. The van der Waals surface area contributed by atoms with E-state index in [1.54, 1.807) is 0 Å². The van der Waals surface area contributed by atoms with Crippen LogP contribution in [0, 0.1) is 0 Å². The predicted molar refractivity (Wildman–Crippen MR) is 101 cm³/mol. The van der Waals surface area contributed by atoms with Crippen LogP contribution in [0.2, 0.25) is 36.3 Å². The van der Waals surface area contributed by atoms with E-state index < -0.39 is 16.4 Å². The molecule has 0 unspecified atom stereocenters. The molecule has 1 aliphatic carbocycles. The summed E-state index contributed by atoms with van der Waals surface area (Å²) in [5, 5.41) is 1.84. The maximum absolute atomic E-state index is 6.90. The van der Waals surface area contributed by atoms with E-state index in [2.05, 4.69) is 41.5 Å². The van der Waals surface area contributed by atoms with Gasteiger partial charge in [-0.05, 0) is 42.6 Å². The lowest BCUT2D eigenvalue weighted by Crippen LogP contribution is -2.40. The van der Waals surface area contributed by atoms with E-state index in [4.69, 9.17) is 4.43 Å². The smallest absolute Gasteiger partial charge is 0.250 e. The van der Waals surface area contributed by atoms with Gasteiger partial charge in [-0.2, -0.15) is 0 Å². The van der Waals surface area contributed by atoms with Gasteiger partial charge >= 0.3 is 0 Å². The van der Waals surface area contributed by atoms with Gasteiger partial charge in [0.15, 0.2) is 0 Å². The Morgan fingerprint density at radius 1 is 0.714 bits per heavy atom. The van der Waals surface area contributed by atoms with Crippen LogP contribution in [-0.2, 0) is 4.43 Å². The molecule has 1 nitrogen and oxygen atoms in total. The molecule has 21 heavy (non-hydrogen) atoms. The monoisotopic (exact) mass is 326 g/mol. The molecule has 0 saturated carbocycles. The van der Waals surface area contributed by atoms with Gasteiger partial charge in [-0.3, -0.25) is 0 Å². The third-order valence-corrected chi connectivity index (χ3v) is 16.8. The van der Waals surface area contributed by atoms with E-state index in [9.17, 15) is 0 Å². The fourth-order valence-electron chi connectivity index (χ4n) is 4.17. The molecule has 0 aromatic heterocycles. The number of hydrogen-bond donors (Lipinski definition) is 0. The first kappa shape index (κ1) is 19.0. The van der Waals surface area contributed by atoms with Crippen LogP contribution >= 0.6 is 0 Å². The molecule has 0 spiro atoms. The quantitative estimate of drug-likeness (QED) is 0.419. The van der Waals surface area contributed by atoms with Crippen LogP contribution in [0.25, 0.3) is 0 Å². The minimum Gasteiger partial charge on any atom is -0.547 e. The Hall–Kier alpha value is -0.0262. The normalized spacial score (nSPS) is 17.2. The minimum absolute atomic E-state index is 1.23. The van der Waals surface area contributed by atoms with E-state index in [0.717, 1.165) is 0 Å².